The first-order chi connectivity index (χ1) is 9.06. The minimum absolute atomic E-state index is 0.186. The lowest BCUT2D eigenvalue weighted by Gasteiger charge is -2.17. The molecule has 1 fully saturated rings. The van der Waals surface area contributed by atoms with Crippen molar-refractivity contribution in [3.63, 3.8) is 0 Å². The van der Waals surface area contributed by atoms with Crippen molar-refractivity contribution in [3.05, 3.63) is 29.3 Å². The zero-order valence-corrected chi connectivity index (χ0v) is 11.8. The molecule has 0 radical (unpaired) electrons. The van der Waals surface area contributed by atoms with Gasteiger partial charge in [0.25, 0.3) is 11.8 Å². The number of nitrogens with zero attached hydrogens (tertiary/aromatic N) is 1. The Morgan fingerprint density at radius 1 is 1.42 bits per heavy atom. The number of methoxy groups -OCH3 is 1. The topological polar surface area (TPSA) is 72.6 Å². The summed E-state index contributed by atoms with van der Waals surface area (Å²) in [5, 5.41) is 0. The summed E-state index contributed by atoms with van der Waals surface area (Å²) in [6.07, 6.45) is 0. The molecule has 1 aromatic rings. The fraction of sp³-hybridized carbons (Fsp3) is 0.250. The second-order valence-corrected chi connectivity index (χ2v) is 5.55. The predicted molar refractivity (Wildman–Crippen MR) is 77.6 cm³/mol. The second-order valence-electron chi connectivity index (χ2n) is 3.82. The Bertz CT molecular complexity index is 560. The van der Waals surface area contributed by atoms with Crippen molar-refractivity contribution in [2.45, 2.75) is 0 Å². The summed E-state index contributed by atoms with van der Waals surface area (Å²) in [7, 11) is 1.40. The number of benzene rings is 1. The van der Waals surface area contributed by atoms with Gasteiger partial charge in [0.05, 0.1) is 18.2 Å². The summed E-state index contributed by atoms with van der Waals surface area (Å²) in [6.45, 7) is 0.562. The molecule has 2 amide bonds. The van der Waals surface area contributed by atoms with Gasteiger partial charge in [0.2, 0.25) is 0 Å². The van der Waals surface area contributed by atoms with E-state index in [1.807, 2.05) is 0 Å². The molecule has 7 heteroatoms. The molecule has 0 aromatic heterocycles. The van der Waals surface area contributed by atoms with Crippen LogP contribution in [0.15, 0.2) is 18.2 Å². The number of thioether (sulfide) groups is 1. The number of primary amides is 1. The zero-order valence-electron chi connectivity index (χ0n) is 10.2. The Hall–Kier alpha value is -1.60. The molecule has 100 valence electrons. The highest BCUT2D eigenvalue weighted by atomic mass is 32.2. The zero-order chi connectivity index (χ0) is 14.0. The molecule has 0 unspecified atom stereocenters. The van der Waals surface area contributed by atoms with E-state index in [1.165, 1.54) is 29.8 Å². The van der Waals surface area contributed by atoms with Gasteiger partial charge in [0, 0.05) is 12.3 Å². The van der Waals surface area contributed by atoms with E-state index in [1.54, 1.807) is 12.1 Å². The third kappa shape index (κ3) is 2.57. The molecule has 2 rings (SSSR count). The van der Waals surface area contributed by atoms with Crippen molar-refractivity contribution < 1.29 is 14.3 Å². The molecule has 1 aromatic carbocycles. The smallest absolute Gasteiger partial charge is 0.263 e. The average Bonchev–Trinajstić information content (AvgIpc) is 2.83. The Kier molecular flexibility index (Phi) is 4.06. The van der Waals surface area contributed by atoms with E-state index >= 15 is 0 Å². The van der Waals surface area contributed by atoms with Crippen LogP contribution >= 0.6 is 24.0 Å². The molecule has 1 heterocycles. The van der Waals surface area contributed by atoms with E-state index in [0.29, 0.717) is 16.4 Å². The number of ether oxygens (including phenoxy) is 1. The summed E-state index contributed by atoms with van der Waals surface area (Å²) in [5.41, 5.74) is 5.75. The van der Waals surface area contributed by atoms with Crippen molar-refractivity contribution in [2.24, 2.45) is 5.73 Å². The highest BCUT2D eigenvalue weighted by Crippen LogP contribution is 2.27. The van der Waals surface area contributed by atoms with Crippen LogP contribution < -0.4 is 10.5 Å². The minimum atomic E-state index is -0.634. The number of amides is 2. The van der Waals surface area contributed by atoms with Crippen molar-refractivity contribution in [3.8, 4) is 5.75 Å². The molecule has 1 aliphatic rings. The van der Waals surface area contributed by atoms with Gasteiger partial charge in [-0.3, -0.25) is 14.5 Å². The van der Waals surface area contributed by atoms with Gasteiger partial charge in [-0.2, -0.15) is 0 Å². The lowest BCUT2D eigenvalue weighted by Crippen LogP contribution is -2.31. The van der Waals surface area contributed by atoms with Gasteiger partial charge in [-0.25, -0.2) is 0 Å². The first-order valence-corrected chi connectivity index (χ1v) is 6.91. The Balaban J connectivity index is 2.44. The predicted octanol–water partition coefficient (Wildman–Crippen LogP) is 1.27. The molecule has 0 spiro atoms. The number of thiocarbonyl (C=S) groups is 1. The molecular formula is C12H12N2O3S2. The van der Waals surface area contributed by atoms with Crippen LogP contribution in [0, 0.1) is 0 Å². The number of hydrogen-bond donors (Lipinski definition) is 1. The number of carbonyl (C=O) groups is 2. The van der Waals surface area contributed by atoms with Gasteiger partial charge >= 0.3 is 0 Å². The van der Waals surface area contributed by atoms with Crippen LogP contribution in [0.3, 0.4) is 0 Å². The molecular weight excluding hydrogens is 284 g/mol. The fourth-order valence-corrected chi connectivity index (χ4v) is 3.05. The highest BCUT2D eigenvalue weighted by molar-refractivity contribution is 8.23. The number of carbonyl (C=O) groups excluding carboxylic acids is 2. The molecule has 1 aliphatic heterocycles. The quantitative estimate of drug-likeness (QED) is 0.850. The van der Waals surface area contributed by atoms with E-state index in [4.69, 9.17) is 22.7 Å². The van der Waals surface area contributed by atoms with E-state index in [0.717, 1.165) is 5.75 Å². The molecule has 0 aliphatic carbocycles. The monoisotopic (exact) mass is 296 g/mol. The molecule has 1 saturated heterocycles. The first kappa shape index (κ1) is 13.8. The lowest BCUT2D eigenvalue weighted by atomic mass is 10.1. The molecule has 5 nitrogen and oxygen atoms in total. The number of para-hydroxylation sites is 1. The second kappa shape index (κ2) is 5.58. The van der Waals surface area contributed by atoms with Crippen LogP contribution in [0.25, 0.3) is 0 Å². The third-order valence-corrected chi connectivity index (χ3v) is 4.15. The Morgan fingerprint density at radius 3 is 2.63 bits per heavy atom. The van der Waals surface area contributed by atoms with E-state index in [-0.39, 0.29) is 17.2 Å². The van der Waals surface area contributed by atoms with E-state index in [2.05, 4.69) is 0 Å². The van der Waals surface area contributed by atoms with E-state index < -0.39 is 5.91 Å². The SMILES string of the molecule is COc1c(C(N)=O)cccc1C(=O)N1CCSC1=S. The highest BCUT2D eigenvalue weighted by Gasteiger charge is 2.28. The third-order valence-electron chi connectivity index (χ3n) is 2.72. The van der Waals surface area contributed by atoms with Crippen LogP contribution in [-0.4, -0.2) is 40.4 Å². The molecule has 0 atom stereocenters. The number of nitrogens with two attached hydrogens (primary N) is 1. The van der Waals surface area contributed by atoms with E-state index in [9.17, 15) is 9.59 Å². The van der Waals surface area contributed by atoms with Crippen LogP contribution in [0.2, 0.25) is 0 Å². The maximum atomic E-state index is 12.4. The summed E-state index contributed by atoms with van der Waals surface area (Å²) >= 11 is 6.57. The summed E-state index contributed by atoms with van der Waals surface area (Å²) < 4.78 is 5.69. The largest absolute Gasteiger partial charge is 0.495 e. The number of hydrogen-bond acceptors (Lipinski definition) is 5. The molecule has 2 N–H and O–H groups in total. The maximum absolute atomic E-state index is 12.4. The van der Waals surface area contributed by atoms with Crippen LogP contribution in [0.4, 0.5) is 0 Å². The van der Waals surface area contributed by atoms with Crippen molar-refractivity contribution >= 4 is 40.1 Å². The first-order valence-electron chi connectivity index (χ1n) is 5.51. The fourth-order valence-electron chi connectivity index (χ4n) is 1.84. The number of rotatable bonds is 3. The summed E-state index contributed by atoms with van der Waals surface area (Å²) in [6, 6.07) is 4.72. The minimum Gasteiger partial charge on any atom is -0.495 e. The standard InChI is InChI=1S/C12H12N2O3S2/c1-17-9-7(10(13)15)3-2-4-8(9)11(16)14-5-6-19-12(14)18/h2-4H,5-6H2,1H3,(H2,13,15). The lowest BCUT2D eigenvalue weighted by molar-refractivity contribution is 0.0858. The van der Waals surface area contributed by atoms with Crippen molar-refractivity contribution in [2.75, 3.05) is 19.4 Å². The van der Waals surface area contributed by atoms with Gasteiger partial charge in [-0.1, -0.05) is 30.0 Å². The van der Waals surface area contributed by atoms with Crippen LogP contribution in [0.1, 0.15) is 20.7 Å². The molecule has 19 heavy (non-hydrogen) atoms. The van der Waals surface area contributed by atoms with Gasteiger partial charge < -0.3 is 10.5 Å². The van der Waals surface area contributed by atoms with Gasteiger partial charge in [-0.05, 0) is 12.1 Å². The van der Waals surface area contributed by atoms with Crippen LogP contribution in [-0.2, 0) is 0 Å². The van der Waals surface area contributed by atoms with Crippen LogP contribution in [0.5, 0.6) is 5.75 Å². The Morgan fingerprint density at radius 2 is 2.11 bits per heavy atom. The van der Waals surface area contributed by atoms with Crippen molar-refractivity contribution in [1.82, 2.24) is 4.90 Å². The van der Waals surface area contributed by atoms with Gasteiger partial charge in [-0.15, -0.1) is 0 Å². The normalized spacial score (nSPS) is 14.6. The maximum Gasteiger partial charge on any atom is 0.263 e. The van der Waals surface area contributed by atoms with Gasteiger partial charge in [0.15, 0.2) is 0 Å². The van der Waals surface area contributed by atoms with Gasteiger partial charge in [0.1, 0.15) is 10.1 Å². The van der Waals surface area contributed by atoms with Crippen molar-refractivity contribution in [1.29, 1.82) is 0 Å². The molecule has 0 saturated carbocycles. The average molecular weight is 296 g/mol. The summed E-state index contributed by atoms with van der Waals surface area (Å²) in [4.78, 5) is 25.2. The molecule has 0 bridgehead atoms. The summed E-state index contributed by atoms with van der Waals surface area (Å²) in [5.74, 6) is 0.0714. The Labute approximate surface area is 120 Å².